The second-order valence-corrected chi connectivity index (χ2v) is 4.19. The second-order valence-electron chi connectivity index (χ2n) is 4.19. The quantitative estimate of drug-likeness (QED) is 0.879. The molecule has 0 saturated heterocycles. The van der Waals surface area contributed by atoms with Crippen LogP contribution in [0.15, 0.2) is 36.7 Å². The van der Waals surface area contributed by atoms with E-state index < -0.39 is 5.82 Å². The summed E-state index contributed by atoms with van der Waals surface area (Å²) < 4.78 is 13.0. The van der Waals surface area contributed by atoms with E-state index in [-0.39, 0.29) is 5.91 Å². The highest BCUT2D eigenvalue weighted by Crippen LogP contribution is 2.11. The monoisotopic (exact) mass is 274 g/mol. The molecule has 0 saturated carbocycles. The van der Waals surface area contributed by atoms with Crippen molar-refractivity contribution in [3.05, 3.63) is 48.0 Å². The molecular formula is C14H15FN4O. The van der Waals surface area contributed by atoms with Crippen molar-refractivity contribution in [2.75, 3.05) is 17.2 Å². The lowest BCUT2D eigenvalue weighted by Crippen LogP contribution is -2.13. The fourth-order valence-corrected chi connectivity index (χ4v) is 1.54. The number of nitrogens with zero attached hydrogens (tertiary/aromatic N) is 2. The van der Waals surface area contributed by atoms with E-state index in [1.165, 1.54) is 30.6 Å². The largest absolute Gasteiger partial charge is 0.354 e. The number of aromatic nitrogens is 2. The first-order valence-electron chi connectivity index (χ1n) is 6.32. The number of benzene rings is 1. The van der Waals surface area contributed by atoms with Crippen LogP contribution in [0.5, 0.6) is 0 Å². The Morgan fingerprint density at radius 1 is 1.30 bits per heavy atom. The van der Waals surface area contributed by atoms with Gasteiger partial charge in [-0.2, -0.15) is 0 Å². The molecule has 6 heteroatoms. The van der Waals surface area contributed by atoms with Crippen LogP contribution in [0.25, 0.3) is 0 Å². The number of hydrogen-bond acceptors (Lipinski definition) is 4. The van der Waals surface area contributed by atoms with Crippen LogP contribution in [-0.2, 0) is 0 Å². The number of carbonyl (C=O) groups is 1. The number of carbonyl (C=O) groups excluding carboxylic acids is 1. The summed E-state index contributed by atoms with van der Waals surface area (Å²) in [4.78, 5) is 20.0. The maximum atomic E-state index is 13.0. The molecule has 1 aromatic heterocycles. The van der Waals surface area contributed by atoms with Crippen molar-refractivity contribution < 1.29 is 9.18 Å². The van der Waals surface area contributed by atoms with Gasteiger partial charge in [-0.05, 0) is 24.6 Å². The molecule has 0 bridgehead atoms. The Morgan fingerprint density at radius 3 is 2.70 bits per heavy atom. The summed E-state index contributed by atoms with van der Waals surface area (Å²) in [5.41, 5.74) is 0.708. The number of hydrogen-bond donors (Lipinski definition) is 2. The Hall–Kier alpha value is -2.50. The summed E-state index contributed by atoms with van der Waals surface area (Å²) in [6.45, 7) is 2.81. The van der Waals surface area contributed by atoms with Crippen LogP contribution in [0, 0.1) is 5.82 Å². The van der Waals surface area contributed by atoms with Crippen LogP contribution in [0.2, 0.25) is 0 Å². The third-order valence-corrected chi connectivity index (χ3v) is 2.53. The summed E-state index contributed by atoms with van der Waals surface area (Å²) >= 11 is 0. The molecule has 1 aromatic carbocycles. The first kappa shape index (κ1) is 13.9. The average molecular weight is 274 g/mol. The zero-order valence-electron chi connectivity index (χ0n) is 11.1. The van der Waals surface area contributed by atoms with Gasteiger partial charge in [-0.3, -0.25) is 4.79 Å². The fraction of sp³-hybridized carbons (Fsp3) is 0.214. The molecule has 2 N–H and O–H groups in total. The Labute approximate surface area is 116 Å². The van der Waals surface area contributed by atoms with Crippen molar-refractivity contribution in [2.45, 2.75) is 13.3 Å². The molecule has 0 aliphatic heterocycles. The van der Waals surface area contributed by atoms with Gasteiger partial charge < -0.3 is 10.6 Å². The molecule has 0 radical (unpaired) electrons. The second kappa shape index (κ2) is 6.60. The van der Waals surface area contributed by atoms with Crippen molar-refractivity contribution in [3.63, 3.8) is 0 Å². The minimum atomic E-state index is -0.404. The van der Waals surface area contributed by atoms with Gasteiger partial charge in [0.15, 0.2) is 0 Å². The van der Waals surface area contributed by atoms with Crippen molar-refractivity contribution in [1.82, 2.24) is 9.97 Å². The van der Waals surface area contributed by atoms with Gasteiger partial charge in [0.25, 0.3) is 5.91 Å². The minimum absolute atomic E-state index is 0.316. The normalized spacial score (nSPS) is 10.1. The molecule has 20 heavy (non-hydrogen) atoms. The lowest BCUT2D eigenvalue weighted by molar-refractivity contribution is 0.102. The third kappa shape index (κ3) is 3.74. The first-order chi connectivity index (χ1) is 9.69. The van der Waals surface area contributed by atoms with Gasteiger partial charge in [0.1, 0.15) is 5.82 Å². The molecule has 5 nitrogen and oxygen atoms in total. The fourth-order valence-electron chi connectivity index (χ4n) is 1.54. The van der Waals surface area contributed by atoms with E-state index in [9.17, 15) is 9.18 Å². The van der Waals surface area contributed by atoms with Crippen LogP contribution in [0.3, 0.4) is 0 Å². The zero-order valence-corrected chi connectivity index (χ0v) is 11.1. The van der Waals surface area contributed by atoms with E-state index in [1.54, 1.807) is 6.07 Å². The smallest absolute Gasteiger partial charge is 0.258 e. The van der Waals surface area contributed by atoms with Gasteiger partial charge in [0, 0.05) is 24.6 Å². The predicted octanol–water partition coefficient (Wildman–Crippen LogP) is 2.69. The lowest BCUT2D eigenvalue weighted by Gasteiger charge is -2.06. The number of anilines is 2. The van der Waals surface area contributed by atoms with E-state index in [2.05, 4.69) is 20.6 Å². The summed E-state index contributed by atoms with van der Waals surface area (Å²) in [5, 5.41) is 5.60. The molecule has 0 atom stereocenters. The molecule has 0 fully saturated rings. The predicted molar refractivity (Wildman–Crippen MR) is 75.2 cm³/mol. The van der Waals surface area contributed by atoms with E-state index in [4.69, 9.17) is 0 Å². The molecule has 1 amide bonds. The standard InChI is InChI=1S/C14H15FN4O/c1-2-6-16-14-17-8-10(9-18-14)13(20)19-12-5-3-4-11(15)7-12/h3-5,7-9H,2,6H2,1H3,(H,19,20)(H,16,17,18). The zero-order chi connectivity index (χ0) is 14.4. The third-order valence-electron chi connectivity index (χ3n) is 2.53. The van der Waals surface area contributed by atoms with Crippen LogP contribution < -0.4 is 10.6 Å². The SMILES string of the molecule is CCCNc1ncc(C(=O)Nc2cccc(F)c2)cn1. The molecular weight excluding hydrogens is 259 g/mol. The highest BCUT2D eigenvalue weighted by molar-refractivity contribution is 6.03. The van der Waals surface area contributed by atoms with Crippen LogP contribution >= 0.6 is 0 Å². The average Bonchev–Trinajstić information content (AvgIpc) is 2.45. The highest BCUT2D eigenvalue weighted by atomic mass is 19.1. The number of amides is 1. The summed E-state index contributed by atoms with van der Waals surface area (Å²) in [5.74, 6) is -0.301. The minimum Gasteiger partial charge on any atom is -0.354 e. The Kier molecular flexibility index (Phi) is 4.60. The Bertz CT molecular complexity index is 586. The van der Waals surface area contributed by atoms with Crippen molar-refractivity contribution in [3.8, 4) is 0 Å². The molecule has 0 unspecified atom stereocenters. The topological polar surface area (TPSA) is 66.9 Å². The Balaban J connectivity index is 2.02. The van der Waals surface area contributed by atoms with Crippen LogP contribution in [0.1, 0.15) is 23.7 Å². The van der Waals surface area contributed by atoms with Crippen molar-refractivity contribution >= 4 is 17.5 Å². The van der Waals surface area contributed by atoms with Gasteiger partial charge in [-0.1, -0.05) is 13.0 Å². The number of rotatable bonds is 5. The van der Waals surface area contributed by atoms with Crippen LogP contribution in [-0.4, -0.2) is 22.4 Å². The van der Waals surface area contributed by atoms with Crippen LogP contribution in [0.4, 0.5) is 16.0 Å². The van der Waals surface area contributed by atoms with E-state index in [0.29, 0.717) is 17.2 Å². The van der Waals surface area contributed by atoms with Gasteiger partial charge in [0.05, 0.1) is 5.56 Å². The van der Waals surface area contributed by atoms with E-state index >= 15 is 0 Å². The molecule has 2 rings (SSSR count). The number of nitrogens with one attached hydrogen (secondary N) is 2. The lowest BCUT2D eigenvalue weighted by atomic mass is 10.2. The van der Waals surface area contributed by atoms with Crippen molar-refractivity contribution in [2.24, 2.45) is 0 Å². The summed E-state index contributed by atoms with van der Waals surface area (Å²) in [7, 11) is 0. The maximum absolute atomic E-state index is 13.0. The van der Waals surface area contributed by atoms with Gasteiger partial charge >= 0.3 is 0 Å². The highest BCUT2D eigenvalue weighted by Gasteiger charge is 2.08. The van der Waals surface area contributed by atoms with Crippen molar-refractivity contribution in [1.29, 1.82) is 0 Å². The van der Waals surface area contributed by atoms with E-state index in [1.807, 2.05) is 6.92 Å². The van der Waals surface area contributed by atoms with E-state index in [0.717, 1.165) is 13.0 Å². The molecule has 0 spiro atoms. The maximum Gasteiger partial charge on any atom is 0.258 e. The van der Waals surface area contributed by atoms with Gasteiger partial charge in [-0.15, -0.1) is 0 Å². The first-order valence-corrected chi connectivity index (χ1v) is 6.32. The van der Waals surface area contributed by atoms with Gasteiger partial charge in [0.2, 0.25) is 5.95 Å². The molecule has 0 aliphatic carbocycles. The molecule has 104 valence electrons. The summed E-state index contributed by atoms with van der Waals surface area (Å²) in [6, 6.07) is 5.70. The summed E-state index contributed by atoms with van der Waals surface area (Å²) in [6.07, 6.45) is 3.82. The molecule has 1 heterocycles. The Morgan fingerprint density at radius 2 is 2.05 bits per heavy atom. The number of halogens is 1. The molecule has 2 aromatic rings. The molecule has 0 aliphatic rings. The van der Waals surface area contributed by atoms with Gasteiger partial charge in [-0.25, -0.2) is 14.4 Å².